The number of carbonyl (C=O) groups is 3. The van der Waals surface area contributed by atoms with Gasteiger partial charge in [0.2, 0.25) is 0 Å². The Morgan fingerprint density at radius 3 is 2.58 bits per heavy atom. The molecular weight excluding hydrogens is 336 g/mol. The molecule has 0 aromatic heterocycles. The summed E-state index contributed by atoms with van der Waals surface area (Å²) in [6.07, 6.45) is 0. The molecule has 0 saturated heterocycles. The fraction of sp³-hybridized carbons (Fsp3) is 0.158. The molecule has 132 valence electrons. The van der Waals surface area contributed by atoms with Crippen molar-refractivity contribution in [2.24, 2.45) is 5.16 Å². The fourth-order valence-electron chi connectivity index (χ4n) is 2.44. The molecular formula is C19H16N2O5. The number of rotatable bonds is 4. The summed E-state index contributed by atoms with van der Waals surface area (Å²) in [6, 6.07) is 15.6. The largest absolute Gasteiger partial charge is 0.483 e. The van der Waals surface area contributed by atoms with Crippen molar-refractivity contribution in [2.45, 2.75) is 6.92 Å². The summed E-state index contributed by atoms with van der Waals surface area (Å²) < 4.78 is 5.28. The van der Waals surface area contributed by atoms with Gasteiger partial charge in [-0.15, -0.1) is 0 Å². The highest BCUT2D eigenvalue weighted by Gasteiger charge is 2.34. The second kappa shape index (κ2) is 7.60. The number of oxime groups is 1. The van der Waals surface area contributed by atoms with Gasteiger partial charge in [-0.2, -0.15) is 0 Å². The number of amides is 3. The van der Waals surface area contributed by atoms with E-state index in [-0.39, 0.29) is 11.3 Å². The molecule has 26 heavy (non-hydrogen) atoms. The molecule has 1 aliphatic rings. The highest BCUT2D eigenvalue weighted by molar-refractivity contribution is 6.18. The van der Waals surface area contributed by atoms with Crippen LogP contribution in [0.5, 0.6) is 5.75 Å². The summed E-state index contributed by atoms with van der Waals surface area (Å²) >= 11 is 0. The molecule has 0 N–H and O–H groups in total. The third-order valence-corrected chi connectivity index (χ3v) is 3.75. The lowest BCUT2D eigenvalue weighted by Gasteiger charge is -2.15. The second-order valence-corrected chi connectivity index (χ2v) is 5.53. The number of hydrogen-bond acceptors (Lipinski definition) is 6. The first-order chi connectivity index (χ1) is 12.6. The number of hydrogen-bond donors (Lipinski definition) is 0. The first-order valence-electron chi connectivity index (χ1n) is 7.92. The van der Waals surface area contributed by atoms with E-state index in [0.717, 1.165) is 5.56 Å². The van der Waals surface area contributed by atoms with Crippen LogP contribution in [0.25, 0.3) is 0 Å². The molecule has 2 aromatic carbocycles. The molecule has 1 aliphatic heterocycles. The lowest BCUT2D eigenvalue weighted by Crippen LogP contribution is -2.44. The van der Waals surface area contributed by atoms with Crippen LogP contribution in [0.1, 0.15) is 22.8 Å². The van der Waals surface area contributed by atoms with Crippen molar-refractivity contribution < 1.29 is 24.0 Å². The van der Waals surface area contributed by atoms with Crippen molar-refractivity contribution in [3.05, 3.63) is 65.7 Å². The molecule has 7 heteroatoms. The molecule has 0 aliphatic carbocycles. The summed E-state index contributed by atoms with van der Waals surface area (Å²) in [5.41, 5.74) is 1.56. The third kappa shape index (κ3) is 3.61. The summed E-state index contributed by atoms with van der Waals surface area (Å²) in [6.45, 7) is 0.788. The van der Waals surface area contributed by atoms with E-state index in [2.05, 4.69) is 5.16 Å². The van der Waals surface area contributed by atoms with Crippen LogP contribution in [0, 0.1) is 0 Å². The van der Waals surface area contributed by atoms with Crippen LogP contribution in [0.2, 0.25) is 0 Å². The van der Waals surface area contributed by atoms with Crippen molar-refractivity contribution in [3.8, 4) is 5.75 Å². The van der Waals surface area contributed by atoms with Crippen LogP contribution in [0.3, 0.4) is 0 Å². The average molecular weight is 352 g/mol. The van der Waals surface area contributed by atoms with Gasteiger partial charge in [-0.3, -0.25) is 14.4 Å². The molecule has 1 heterocycles. The van der Waals surface area contributed by atoms with Crippen LogP contribution in [0.4, 0.5) is 0 Å². The van der Waals surface area contributed by atoms with E-state index in [1.807, 2.05) is 30.3 Å². The highest BCUT2D eigenvalue weighted by Crippen LogP contribution is 2.23. The molecule has 2 aromatic rings. The summed E-state index contributed by atoms with van der Waals surface area (Å²) in [5.74, 6) is -2.02. The standard InChI is InChI=1S/C19H16N2O5/c1-13(14-7-3-2-4-8-14)20-26-12-18(23)21-17(22)11-25-16-10-6-5-9-15(16)19(21)24/h2-10H,11-12H2,1H3. The fourth-order valence-corrected chi connectivity index (χ4v) is 2.44. The smallest absolute Gasteiger partial charge is 0.277 e. The minimum atomic E-state index is -0.801. The Bertz CT molecular complexity index is 877. The Balaban J connectivity index is 1.71. The predicted octanol–water partition coefficient (Wildman–Crippen LogP) is 2.02. The van der Waals surface area contributed by atoms with Crippen molar-refractivity contribution >= 4 is 23.4 Å². The molecule has 7 nitrogen and oxygen atoms in total. The molecule has 0 bridgehead atoms. The molecule has 0 spiro atoms. The van der Waals surface area contributed by atoms with Crippen LogP contribution >= 0.6 is 0 Å². The summed E-state index contributed by atoms with van der Waals surface area (Å²) in [4.78, 5) is 42.6. The topological polar surface area (TPSA) is 85.3 Å². The molecule has 0 saturated carbocycles. The minimum Gasteiger partial charge on any atom is -0.483 e. The molecule has 3 rings (SSSR count). The normalized spacial score (nSPS) is 14.3. The van der Waals surface area contributed by atoms with Gasteiger partial charge in [0, 0.05) is 0 Å². The van der Waals surface area contributed by atoms with E-state index >= 15 is 0 Å². The Morgan fingerprint density at radius 1 is 1.12 bits per heavy atom. The lowest BCUT2D eigenvalue weighted by atomic mass is 10.1. The SMILES string of the molecule is CC(=NOCC(=O)N1C(=O)COc2ccccc2C1=O)c1ccccc1. The minimum absolute atomic E-state index is 0.149. The van der Waals surface area contributed by atoms with E-state index in [4.69, 9.17) is 9.57 Å². The van der Waals surface area contributed by atoms with Gasteiger partial charge in [0.25, 0.3) is 17.7 Å². The average Bonchev–Trinajstić information content (AvgIpc) is 2.79. The van der Waals surface area contributed by atoms with E-state index < -0.39 is 30.9 Å². The quantitative estimate of drug-likeness (QED) is 0.477. The van der Waals surface area contributed by atoms with Crippen molar-refractivity contribution in [2.75, 3.05) is 13.2 Å². The number of imide groups is 3. The number of carbonyl (C=O) groups excluding carboxylic acids is 3. The zero-order chi connectivity index (χ0) is 18.5. The molecule has 0 unspecified atom stereocenters. The molecule has 0 atom stereocenters. The zero-order valence-electron chi connectivity index (χ0n) is 14.0. The predicted molar refractivity (Wildman–Crippen MR) is 92.7 cm³/mol. The first kappa shape index (κ1) is 17.3. The van der Waals surface area contributed by atoms with Gasteiger partial charge in [0.15, 0.2) is 13.2 Å². The Morgan fingerprint density at radius 2 is 1.81 bits per heavy atom. The number of fused-ring (bicyclic) bond motifs is 1. The van der Waals surface area contributed by atoms with E-state index in [1.165, 1.54) is 6.07 Å². The van der Waals surface area contributed by atoms with Crippen molar-refractivity contribution in [3.63, 3.8) is 0 Å². The maximum absolute atomic E-state index is 12.5. The van der Waals surface area contributed by atoms with Gasteiger partial charge in [-0.25, -0.2) is 4.90 Å². The number of para-hydroxylation sites is 1. The second-order valence-electron chi connectivity index (χ2n) is 5.53. The number of nitrogens with zero attached hydrogens (tertiary/aromatic N) is 2. The van der Waals surface area contributed by atoms with Crippen LogP contribution in [-0.2, 0) is 14.4 Å². The van der Waals surface area contributed by atoms with E-state index in [9.17, 15) is 14.4 Å². The molecule has 0 fully saturated rings. The number of benzene rings is 2. The lowest BCUT2D eigenvalue weighted by molar-refractivity contribution is -0.144. The maximum Gasteiger partial charge on any atom is 0.277 e. The Kier molecular flexibility index (Phi) is 5.07. The monoisotopic (exact) mass is 352 g/mol. The Labute approximate surface area is 149 Å². The highest BCUT2D eigenvalue weighted by atomic mass is 16.6. The molecule has 0 radical (unpaired) electrons. The van der Waals surface area contributed by atoms with Crippen LogP contribution < -0.4 is 4.74 Å². The van der Waals surface area contributed by atoms with Gasteiger partial charge < -0.3 is 9.57 Å². The zero-order valence-corrected chi connectivity index (χ0v) is 14.0. The van der Waals surface area contributed by atoms with Crippen LogP contribution in [-0.4, -0.2) is 41.5 Å². The first-order valence-corrected chi connectivity index (χ1v) is 7.92. The summed E-state index contributed by atoms with van der Waals surface area (Å²) in [5, 5.41) is 3.86. The van der Waals surface area contributed by atoms with Gasteiger partial charge in [0.05, 0.1) is 11.3 Å². The van der Waals surface area contributed by atoms with E-state index in [1.54, 1.807) is 25.1 Å². The van der Waals surface area contributed by atoms with Crippen molar-refractivity contribution in [1.29, 1.82) is 0 Å². The number of ether oxygens (including phenoxy) is 1. The maximum atomic E-state index is 12.5. The van der Waals surface area contributed by atoms with Gasteiger partial charge >= 0.3 is 0 Å². The van der Waals surface area contributed by atoms with Crippen molar-refractivity contribution in [1.82, 2.24) is 4.90 Å². The van der Waals surface area contributed by atoms with Gasteiger partial charge in [-0.1, -0.05) is 47.6 Å². The van der Waals surface area contributed by atoms with Gasteiger partial charge in [0.1, 0.15) is 5.75 Å². The van der Waals surface area contributed by atoms with E-state index in [0.29, 0.717) is 10.6 Å². The molecule has 3 amide bonds. The van der Waals surface area contributed by atoms with Gasteiger partial charge in [-0.05, 0) is 24.6 Å². The van der Waals surface area contributed by atoms with Crippen LogP contribution in [0.15, 0.2) is 59.8 Å². The summed E-state index contributed by atoms with van der Waals surface area (Å²) in [7, 11) is 0. The third-order valence-electron chi connectivity index (χ3n) is 3.75. The Hall–Kier alpha value is -3.48.